The second-order valence-corrected chi connectivity index (χ2v) is 5.70. The normalized spacial score (nSPS) is 12.3. The van der Waals surface area contributed by atoms with Gasteiger partial charge < -0.3 is 10.4 Å². The van der Waals surface area contributed by atoms with Gasteiger partial charge in [-0.25, -0.2) is 0 Å². The van der Waals surface area contributed by atoms with Gasteiger partial charge in [0.05, 0.1) is 18.2 Å². The van der Waals surface area contributed by atoms with Crippen LogP contribution in [0.15, 0.2) is 42.6 Å². The van der Waals surface area contributed by atoms with Gasteiger partial charge in [-0.3, -0.25) is 9.20 Å². The van der Waals surface area contributed by atoms with Crippen LogP contribution in [0.4, 0.5) is 0 Å². The average molecular weight is 324 g/mol. The number of nitrogens with one attached hydrogen (secondary N) is 1. The minimum atomic E-state index is -0.443. The van der Waals surface area contributed by atoms with Gasteiger partial charge >= 0.3 is 0 Å². The molecule has 6 heteroatoms. The standard InChI is InChI=1S/C18H20N4O2/c1-3-13-4-6-14(7-5-13)16(11-23)19-18(24)15-8-9-17-21-20-12(2)22(17)10-15/h4-10,16,23H,3,11H2,1-2H3,(H,19,24). The number of aromatic nitrogens is 3. The fourth-order valence-corrected chi connectivity index (χ4v) is 2.60. The van der Waals surface area contributed by atoms with Crippen molar-refractivity contribution in [3.8, 4) is 0 Å². The summed E-state index contributed by atoms with van der Waals surface area (Å²) >= 11 is 0. The molecule has 0 aliphatic rings. The number of aryl methyl sites for hydroxylation is 2. The molecule has 0 saturated carbocycles. The third kappa shape index (κ3) is 3.14. The highest BCUT2D eigenvalue weighted by Gasteiger charge is 2.16. The Kier molecular flexibility index (Phi) is 4.57. The number of hydrogen-bond donors (Lipinski definition) is 2. The molecule has 0 fully saturated rings. The number of carbonyl (C=O) groups is 1. The quantitative estimate of drug-likeness (QED) is 0.753. The lowest BCUT2D eigenvalue weighted by atomic mass is 10.0. The maximum Gasteiger partial charge on any atom is 0.253 e. The molecular formula is C18H20N4O2. The third-order valence-electron chi connectivity index (χ3n) is 4.11. The van der Waals surface area contributed by atoms with E-state index in [9.17, 15) is 9.90 Å². The number of benzene rings is 1. The number of amides is 1. The lowest BCUT2D eigenvalue weighted by Gasteiger charge is -2.17. The summed E-state index contributed by atoms with van der Waals surface area (Å²) in [5.41, 5.74) is 3.28. The summed E-state index contributed by atoms with van der Waals surface area (Å²) in [6.07, 6.45) is 2.66. The molecule has 1 aromatic carbocycles. The molecule has 0 aliphatic heterocycles. The number of aliphatic hydroxyl groups is 1. The number of aliphatic hydroxyl groups excluding tert-OH is 1. The summed E-state index contributed by atoms with van der Waals surface area (Å²) in [6, 6.07) is 10.9. The van der Waals surface area contributed by atoms with Gasteiger partial charge in [0.15, 0.2) is 5.65 Å². The minimum Gasteiger partial charge on any atom is -0.394 e. The van der Waals surface area contributed by atoms with Crippen LogP contribution in [0, 0.1) is 6.92 Å². The molecule has 124 valence electrons. The molecule has 6 nitrogen and oxygen atoms in total. The SMILES string of the molecule is CCc1ccc(C(CO)NC(=O)c2ccc3nnc(C)n3c2)cc1. The number of carbonyl (C=O) groups excluding carboxylic acids is 1. The van der Waals surface area contributed by atoms with Crippen LogP contribution < -0.4 is 5.32 Å². The van der Waals surface area contributed by atoms with Crippen molar-refractivity contribution < 1.29 is 9.90 Å². The number of nitrogens with zero attached hydrogens (tertiary/aromatic N) is 3. The Morgan fingerprint density at radius 3 is 2.62 bits per heavy atom. The van der Waals surface area contributed by atoms with Crippen molar-refractivity contribution in [1.29, 1.82) is 0 Å². The Balaban J connectivity index is 1.80. The summed E-state index contributed by atoms with van der Waals surface area (Å²) in [7, 11) is 0. The highest BCUT2D eigenvalue weighted by Crippen LogP contribution is 2.15. The second-order valence-electron chi connectivity index (χ2n) is 5.70. The van der Waals surface area contributed by atoms with Crippen molar-refractivity contribution in [1.82, 2.24) is 19.9 Å². The van der Waals surface area contributed by atoms with Gasteiger partial charge in [0.2, 0.25) is 0 Å². The number of hydrogen-bond acceptors (Lipinski definition) is 4. The molecule has 1 unspecified atom stereocenters. The first-order valence-corrected chi connectivity index (χ1v) is 7.94. The van der Waals surface area contributed by atoms with Crippen LogP contribution in [0.5, 0.6) is 0 Å². The van der Waals surface area contributed by atoms with Crippen LogP contribution in [0.25, 0.3) is 5.65 Å². The lowest BCUT2D eigenvalue weighted by molar-refractivity contribution is 0.0915. The molecule has 0 bridgehead atoms. The molecule has 0 radical (unpaired) electrons. The zero-order chi connectivity index (χ0) is 17.1. The van der Waals surface area contributed by atoms with Crippen LogP contribution in [0.2, 0.25) is 0 Å². The summed E-state index contributed by atoms with van der Waals surface area (Å²) in [4.78, 5) is 12.5. The molecule has 2 N–H and O–H groups in total. The fourth-order valence-electron chi connectivity index (χ4n) is 2.60. The van der Waals surface area contributed by atoms with Crippen LogP contribution in [-0.2, 0) is 6.42 Å². The van der Waals surface area contributed by atoms with E-state index >= 15 is 0 Å². The van der Waals surface area contributed by atoms with Crippen molar-refractivity contribution in [3.05, 3.63) is 65.1 Å². The molecule has 24 heavy (non-hydrogen) atoms. The first-order valence-electron chi connectivity index (χ1n) is 7.94. The van der Waals surface area contributed by atoms with Gasteiger partial charge in [0.1, 0.15) is 5.82 Å². The van der Waals surface area contributed by atoms with Gasteiger partial charge in [-0.1, -0.05) is 31.2 Å². The Morgan fingerprint density at radius 1 is 1.21 bits per heavy atom. The Bertz CT molecular complexity index is 855. The fraction of sp³-hybridized carbons (Fsp3) is 0.278. The van der Waals surface area contributed by atoms with E-state index in [4.69, 9.17) is 0 Å². The first kappa shape index (κ1) is 16.1. The van der Waals surface area contributed by atoms with E-state index in [0.29, 0.717) is 17.0 Å². The summed E-state index contributed by atoms with van der Waals surface area (Å²) in [5, 5.41) is 20.5. The van der Waals surface area contributed by atoms with E-state index in [1.54, 1.807) is 22.7 Å². The maximum absolute atomic E-state index is 12.5. The van der Waals surface area contributed by atoms with Crippen molar-refractivity contribution in [2.75, 3.05) is 6.61 Å². The Hall–Kier alpha value is -2.73. The third-order valence-corrected chi connectivity index (χ3v) is 4.11. The molecule has 0 aliphatic carbocycles. The van der Waals surface area contributed by atoms with Gasteiger partial charge in [-0.2, -0.15) is 0 Å². The maximum atomic E-state index is 12.5. The molecule has 1 atom stereocenters. The van der Waals surface area contributed by atoms with Crippen LogP contribution in [0.3, 0.4) is 0 Å². The van der Waals surface area contributed by atoms with Crippen molar-refractivity contribution in [3.63, 3.8) is 0 Å². The second kappa shape index (κ2) is 6.80. The summed E-state index contributed by atoms with van der Waals surface area (Å²) < 4.78 is 1.76. The molecular weight excluding hydrogens is 304 g/mol. The highest BCUT2D eigenvalue weighted by atomic mass is 16.3. The van der Waals surface area contributed by atoms with E-state index < -0.39 is 6.04 Å². The van der Waals surface area contributed by atoms with E-state index in [1.165, 1.54) is 5.56 Å². The topological polar surface area (TPSA) is 79.5 Å². The van der Waals surface area contributed by atoms with E-state index in [2.05, 4.69) is 22.4 Å². The monoisotopic (exact) mass is 324 g/mol. The molecule has 2 heterocycles. The van der Waals surface area contributed by atoms with Crippen molar-refractivity contribution in [2.45, 2.75) is 26.3 Å². The van der Waals surface area contributed by atoms with E-state index in [1.807, 2.05) is 31.2 Å². The molecule has 0 saturated heterocycles. The Morgan fingerprint density at radius 2 is 1.96 bits per heavy atom. The number of pyridine rings is 1. The van der Waals surface area contributed by atoms with Gasteiger partial charge in [-0.05, 0) is 36.6 Å². The zero-order valence-electron chi connectivity index (χ0n) is 13.7. The van der Waals surface area contributed by atoms with Crippen molar-refractivity contribution in [2.24, 2.45) is 0 Å². The van der Waals surface area contributed by atoms with Gasteiger partial charge in [-0.15, -0.1) is 10.2 Å². The number of rotatable bonds is 5. The van der Waals surface area contributed by atoms with Crippen LogP contribution in [0.1, 0.15) is 40.3 Å². The highest BCUT2D eigenvalue weighted by molar-refractivity contribution is 5.94. The zero-order valence-corrected chi connectivity index (χ0v) is 13.7. The lowest BCUT2D eigenvalue weighted by Crippen LogP contribution is -2.31. The summed E-state index contributed by atoms with van der Waals surface area (Å²) in [5.74, 6) is 0.470. The number of fused-ring (bicyclic) bond motifs is 1. The largest absolute Gasteiger partial charge is 0.394 e. The van der Waals surface area contributed by atoms with E-state index in [0.717, 1.165) is 12.0 Å². The van der Waals surface area contributed by atoms with Crippen LogP contribution >= 0.6 is 0 Å². The molecule has 2 aromatic heterocycles. The molecule has 0 spiro atoms. The Labute approximate surface area is 140 Å². The smallest absolute Gasteiger partial charge is 0.253 e. The average Bonchev–Trinajstić information content (AvgIpc) is 3.00. The molecule has 3 aromatic rings. The van der Waals surface area contributed by atoms with E-state index in [-0.39, 0.29) is 12.5 Å². The minimum absolute atomic E-state index is 0.162. The van der Waals surface area contributed by atoms with Crippen LogP contribution in [-0.4, -0.2) is 32.2 Å². The predicted octanol–water partition coefficient (Wildman–Crippen LogP) is 2.06. The first-order chi connectivity index (χ1) is 11.6. The molecule has 3 rings (SSSR count). The predicted molar refractivity (Wildman–Crippen MR) is 90.8 cm³/mol. The molecule has 1 amide bonds. The summed E-state index contributed by atoms with van der Waals surface area (Å²) in [6.45, 7) is 3.75. The van der Waals surface area contributed by atoms with Gasteiger partial charge in [0.25, 0.3) is 5.91 Å². The van der Waals surface area contributed by atoms with Gasteiger partial charge in [0, 0.05) is 6.20 Å². The van der Waals surface area contributed by atoms with Crippen molar-refractivity contribution >= 4 is 11.6 Å².